The number of thioether (sulfide) groups is 1. The molecule has 2 aromatic rings. The van der Waals surface area contributed by atoms with Gasteiger partial charge in [0.05, 0.1) is 16.2 Å². The smallest absolute Gasteiger partial charge is 0.262 e. The van der Waals surface area contributed by atoms with Gasteiger partial charge in [-0.2, -0.15) is 0 Å². The van der Waals surface area contributed by atoms with Gasteiger partial charge >= 0.3 is 0 Å². The lowest BCUT2D eigenvalue weighted by molar-refractivity contribution is -0.133. The second-order valence-corrected chi connectivity index (χ2v) is 8.95. The monoisotopic (exact) mass is 409 g/mol. The summed E-state index contributed by atoms with van der Waals surface area (Å²) in [6.07, 6.45) is 0.806. The van der Waals surface area contributed by atoms with E-state index in [1.165, 1.54) is 11.8 Å². The van der Waals surface area contributed by atoms with E-state index in [0.717, 1.165) is 6.42 Å². The third kappa shape index (κ3) is 4.85. The maximum absolute atomic E-state index is 13.0. The van der Waals surface area contributed by atoms with Crippen LogP contribution in [0.2, 0.25) is 5.02 Å². The lowest BCUT2D eigenvalue weighted by Crippen LogP contribution is -2.45. The van der Waals surface area contributed by atoms with Crippen LogP contribution in [0.5, 0.6) is 0 Å². The molecule has 0 spiro atoms. The second kappa shape index (κ2) is 9.11. The molecule has 0 aliphatic heterocycles. The van der Waals surface area contributed by atoms with Crippen LogP contribution in [0.3, 0.4) is 0 Å². The highest BCUT2D eigenvalue weighted by atomic mass is 35.5. The normalized spacial score (nSPS) is 12.8. The summed E-state index contributed by atoms with van der Waals surface area (Å²) in [5.74, 6) is 0.0495. The molecule has 0 unspecified atom stereocenters. The van der Waals surface area contributed by atoms with Crippen molar-refractivity contribution in [2.24, 2.45) is 0 Å². The Kier molecular flexibility index (Phi) is 7.34. The van der Waals surface area contributed by atoms with E-state index in [4.69, 9.17) is 11.6 Å². The van der Waals surface area contributed by atoms with Crippen LogP contribution >= 0.6 is 23.4 Å². The van der Waals surface area contributed by atoms with Crippen LogP contribution in [0.4, 0.5) is 0 Å². The lowest BCUT2D eigenvalue weighted by Gasteiger charge is -2.33. The number of halogens is 1. The van der Waals surface area contributed by atoms with E-state index in [1.54, 1.807) is 22.8 Å². The minimum Gasteiger partial charge on any atom is -0.337 e. The van der Waals surface area contributed by atoms with Crippen LogP contribution in [-0.4, -0.2) is 37.7 Å². The molecule has 0 aliphatic carbocycles. The largest absolute Gasteiger partial charge is 0.337 e. The highest BCUT2D eigenvalue weighted by Gasteiger charge is 2.27. The van der Waals surface area contributed by atoms with Crippen LogP contribution < -0.4 is 5.56 Å². The fourth-order valence-electron chi connectivity index (χ4n) is 3.21. The zero-order valence-electron chi connectivity index (χ0n) is 16.8. The van der Waals surface area contributed by atoms with Gasteiger partial charge in [-0.3, -0.25) is 14.2 Å². The SMILES string of the molecule is CCCn1c(S[C@H](C)C(=O)N(C(C)C)C(C)C)nc2cc(Cl)ccc2c1=O. The van der Waals surface area contributed by atoms with E-state index in [0.29, 0.717) is 27.6 Å². The number of benzene rings is 1. The van der Waals surface area contributed by atoms with Crippen molar-refractivity contribution in [3.8, 4) is 0 Å². The molecule has 0 N–H and O–H groups in total. The molecule has 1 atom stereocenters. The van der Waals surface area contributed by atoms with Gasteiger partial charge in [0.1, 0.15) is 0 Å². The number of fused-ring (bicyclic) bond motifs is 1. The topological polar surface area (TPSA) is 55.2 Å². The van der Waals surface area contributed by atoms with E-state index in [1.807, 2.05) is 46.4 Å². The number of hydrogen-bond donors (Lipinski definition) is 0. The van der Waals surface area contributed by atoms with E-state index in [-0.39, 0.29) is 28.8 Å². The van der Waals surface area contributed by atoms with Crippen LogP contribution in [0.25, 0.3) is 10.9 Å². The van der Waals surface area contributed by atoms with Gasteiger partial charge in [-0.15, -0.1) is 0 Å². The Balaban J connectivity index is 2.46. The molecule has 0 fully saturated rings. The van der Waals surface area contributed by atoms with Crippen LogP contribution in [-0.2, 0) is 11.3 Å². The first-order valence-corrected chi connectivity index (χ1v) is 10.6. The minimum absolute atomic E-state index is 0.0495. The third-order valence-corrected chi connectivity index (χ3v) is 5.64. The second-order valence-electron chi connectivity index (χ2n) is 7.21. The maximum Gasteiger partial charge on any atom is 0.262 e. The standard InChI is InChI=1S/C20H28ClN3O2S/c1-7-10-23-19(26)16-9-8-15(21)11-17(16)22-20(23)27-14(6)18(25)24(12(2)3)13(4)5/h8-9,11-14H,7,10H2,1-6H3/t14-/m1/s1. The third-order valence-electron chi connectivity index (χ3n) is 4.33. The highest BCUT2D eigenvalue weighted by molar-refractivity contribution is 8.00. The maximum atomic E-state index is 13.0. The lowest BCUT2D eigenvalue weighted by atomic mass is 10.2. The Morgan fingerprint density at radius 1 is 1.22 bits per heavy atom. The molecule has 2 rings (SSSR count). The van der Waals surface area contributed by atoms with Gasteiger partial charge < -0.3 is 4.90 Å². The Bertz CT molecular complexity index is 871. The van der Waals surface area contributed by atoms with Crippen molar-refractivity contribution in [3.05, 3.63) is 33.6 Å². The number of amides is 1. The summed E-state index contributed by atoms with van der Waals surface area (Å²) >= 11 is 7.41. The number of hydrogen-bond acceptors (Lipinski definition) is 4. The summed E-state index contributed by atoms with van der Waals surface area (Å²) < 4.78 is 1.67. The number of aromatic nitrogens is 2. The van der Waals surface area contributed by atoms with Crippen molar-refractivity contribution in [1.29, 1.82) is 0 Å². The Labute approximate surface area is 170 Å². The molecule has 1 amide bonds. The molecule has 5 nitrogen and oxygen atoms in total. The molecule has 148 valence electrons. The zero-order valence-corrected chi connectivity index (χ0v) is 18.4. The molecule has 1 heterocycles. The Morgan fingerprint density at radius 2 is 1.85 bits per heavy atom. The molecule has 0 saturated heterocycles. The first-order chi connectivity index (χ1) is 12.7. The molecule has 1 aromatic carbocycles. The summed E-state index contributed by atoms with van der Waals surface area (Å²) in [4.78, 5) is 32.4. The van der Waals surface area contributed by atoms with Gasteiger partial charge in [-0.25, -0.2) is 4.98 Å². The molecule has 0 bridgehead atoms. The molecule has 0 radical (unpaired) electrons. The molecule has 1 aromatic heterocycles. The van der Waals surface area contributed by atoms with E-state index in [2.05, 4.69) is 4.98 Å². The van der Waals surface area contributed by atoms with Gasteiger partial charge in [-0.1, -0.05) is 30.3 Å². The van der Waals surface area contributed by atoms with Crippen LogP contribution in [0, 0.1) is 0 Å². The average Bonchev–Trinajstić information content (AvgIpc) is 2.57. The van der Waals surface area contributed by atoms with Crippen molar-refractivity contribution in [2.45, 2.75) is 77.0 Å². The summed E-state index contributed by atoms with van der Waals surface area (Å²) in [6, 6.07) is 5.33. The van der Waals surface area contributed by atoms with Gasteiger partial charge in [0.2, 0.25) is 5.91 Å². The minimum atomic E-state index is -0.346. The predicted octanol–water partition coefficient (Wildman–Crippen LogP) is 4.59. The first-order valence-electron chi connectivity index (χ1n) is 9.36. The summed E-state index contributed by atoms with van der Waals surface area (Å²) in [5, 5.41) is 1.29. The zero-order chi connectivity index (χ0) is 20.3. The Hall–Kier alpha value is -1.53. The van der Waals surface area contributed by atoms with Gasteiger partial charge in [0.15, 0.2) is 5.16 Å². The van der Waals surface area contributed by atoms with Crippen molar-refractivity contribution in [3.63, 3.8) is 0 Å². The van der Waals surface area contributed by atoms with Gasteiger partial charge in [-0.05, 0) is 59.2 Å². The van der Waals surface area contributed by atoms with Crippen LogP contribution in [0.15, 0.2) is 28.2 Å². The summed E-state index contributed by atoms with van der Waals surface area (Å²) in [6.45, 7) is 12.5. The van der Waals surface area contributed by atoms with Crippen LogP contribution in [0.1, 0.15) is 48.0 Å². The Morgan fingerprint density at radius 3 is 2.41 bits per heavy atom. The number of carbonyl (C=O) groups is 1. The van der Waals surface area contributed by atoms with Gasteiger partial charge in [0, 0.05) is 23.7 Å². The van der Waals surface area contributed by atoms with Crippen molar-refractivity contribution in [1.82, 2.24) is 14.5 Å². The summed E-state index contributed by atoms with van der Waals surface area (Å²) in [7, 11) is 0. The molecule has 0 aliphatic rings. The summed E-state index contributed by atoms with van der Waals surface area (Å²) in [5.41, 5.74) is 0.469. The predicted molar refractivity (Wildman–Crippen MR) is 114 cm³/mol. The van der Waals surface area contributed by atoms with E-state index >= 15 is 0 Å². The fourth-order valence-corrected chi connectivity index (χ4v) is 4.37. The van der Waals surface area contributed by atoms with Crippen molar-refractivity contribution in [2.75, 3.05) is 0 Å². The number of carbonyl (C=O) groups excluding carboxylic acids is 1. The fraction of sp³-hybridized carbons (Fsp3) is 0.550. The highest BCUT2D eigenvalue weighted by Crippen LogP contribution is 2.26. The number of nitrogens with zero attached hydrogens (tertiary/aromatic N) is 3. The molecule has 0 saturated carbocycles. The van der Waals surface area contributed by atoms with Gasteiger partial charge in [0.25, 0.3) is 5.56 Å². The molecular weight excluding hydrogens is 382 g/mol. The van der Waals surface area contributed by atoms with E-state index in [9.17, 15) is 9.59 Å². The first kappa shape index (κ1) is 21.8. The molecular formula is C20H28ClN3O2S. The molecule has 7 heteroatoms. The number of rotatable bonds is 7. The average molecular weight is 410 g/mol. The van der Waals surface area contributed by atoms with Crippen molar-refractivity contribution >= 4 is 40.2 Å². The molecule has 27 heavy (non-hydrogen) atoms. The quantitative estimate of drug-likeness (QED) is 0.496. The van der Waals surface area contributed by atoms with Crippen molar-refractivity contribution < 1.29 is 4.79 Å². The van der Waals surface area contributed by atoms with E-state index < -0.39 is 0 Å².